The molecular formula is C13H17NO4. The second-order valence-corrected chi connectivity index (χ2v) is 4.25. The van der Waals surface area contributed by atoms with E-state index in [9.17, 15) is 4.79 Å². The Morgan fingerprint density at radius 3 is 2.83 bits per heavy atom. The van der Waals surface area contributed by atoms with E-state index < -0.39 is 0 Å². The van der Waals surface area contributed by atoms with Gasteiger partial charge >= 0.3 is 0 Å². The minimum absolute atomic E-state index is 0.0581. The summed E-state index contributed by atoms with van der Waals surface area (Å²) in [5, 5.41) is 11.6. The van der Waals surface area contributed by atoms with E-state index in [0.717, 1.165) is 0 Å². The van der Waals surface area contributed by atoms with Crippen molar-refractivity contribution in [2.45, 2.75) is 19.4 Å². The number of nitrogens with one attached hydrogen (secondary N) is 1. The van der Waals surface area contributed by atoms with E-state index in [4.69, 9.17) is 14.6 Å². The average Bonchev–Trinajstić information content (AvgIpc) is 2.38. The Hall–Kier alpha value is -1.75. The number of amides is 1. The fourth-order valence-corrected chi connectivity index (χ4v) is 1.76. The minimum Gasteiger partial charge on any atom is -0.486 e. The molecule has 1 atom stereocenters. The minimum atomic E-state index is -0.173. The molecule has 1 amide bonds. The Bertz CT molecular complexity index is 433. The summed E-state index contributed by atoms with van der Waals surface area (Å²) < 4.78 is 10.8. The molecule has 0 bridgehead atoms. The van der Waals surface area contributed by atoms with Crippen LogP contribution in [0, 0.1) is 0 Å². The number of hydrogen-bond acceptors (Lipinski definition) is 4. The highest BCUT2D eigenvalue weighted by Crippen LogP contribution is 2.30. The molecule has 1 aliphatic rings. The van der Waals surface area contributed by atoms with Gasteiger partial charge in [-0.05, 0) is 31.5 Å². The monoisotopic (exact) mass is 251 g/mol. The predicted octanol–water partition coefficient (Wildman–Crippen LogP) is 0.959. The first kappa shape index (κ1) is 12.7. The topological polar surface area (TPSA) is 67.8 Å². The Morgan fingerprint density at radius 2 is 2.11 bits per heavy atom. The fourth-order valence-electron chi connectivity index (χ4n) is 1.76. The number of aliphatic hydroxyl groups excluding tert-OH is 1. The molecule has 1 aliphatic heterocycles. The maximum atomic E-state index is 11.9. The van der Waals surface area contributed by atoms with E-state index >= 15 is 0 Å². The average molecular weight is 251 g/mol. The molecular weight excluding hydrogens is 234 g/mol. The van der Waals surface area contributed by atoms with E-state index in [1.54, 1.807) is 18.2 Å². The first-order chi connectivity index (χ1) is 8.70. The van der Waals surface area contributed by atoms with E-state index in [2.05, 4.69) is 5.32 Å². The number of aliphatic hydroxyl groups is 1. The first-order valence-electron chi connectivity index (χ1n) is 6.02. The number of fused-ring (bicyclic) bond motifs is 1. The SMILES string of the molecule is CC(CCO)NC(=O)c1ccc2c(c1)OCCO2. The van der Waals surface area contributed by atoms with Crippen molar-refractivity contribution < 1.29 is 19.4 Å². The van der Waals surface area contributed by atoms with Crippen LogP contribution in [0.15, 0.2) is 18.2 Å². The Labute approximate surface area is 106 Å². The summed E-state index contributed by atoms with van der Waals surface area (Å²) in [5.74, 6) is 1.10. The first-order valence-corrected chi connectivity index (χ1v) is 6.02. The highest BCUT2D eigenvalue weighted by atomic mass is 16.6. The van der Waals surface area contributed by atoms with Gasteiger partial charge in [0, 0.05) is 18.2 Å². The van der Waals surface area contributed by atoms with Crippen molar-refractivity contribution in [2.24, 2.45) is 0 Å². The Kier molecular flexibility index (Phi) is 4.04. The summed E-state index contributed by atoms with van der Waals surface area (Å²) in [6.07, 6.45) is 0.538. The molecule has 1 aromatic carbocycles. The molecule has 1 aromatic rings. The summed E-state index contributed by atoms with van der Waals surface area (Å²) in [6.45, 7) is 2.94. The van der Waals surface area contributed by atoms with Gasteiger partial charge in [-0.2, -0.15) is 0 Å². The number of hydrogen-bond donors (Lipinski definition) is 2. The number of carbonyl (C=O) groups is 1. The standard InChI is InChI=1S/C13H17NO4/c1-9(4-5-15)14-13(16)10-2-3-11-12(8-10)18-7-6-17-11/h2-3,8-9,15H,4-7H2,1H3,(H,14,16). The highest BCUT2D eigenvalue weighted by Gasteiger charge is 2.15. The molecule has 5 heteroatoms. The summed E-state index contributed by atoms with van der Waals surface area (Å²) in [4.78, 5) is 11.9. The van der Waals surface area contributed by atoms with Crippen LogP contribution in [-0.4, -0.2) is 36.9 Å². The number of rotatable bonds is 4. The number of ether oxygens (including phenoxy) is 2. The molecule has 98 valence electrons. The van der Waals surface area contributed by atoms with Crippen LogP contribution >= 0.6 is 0 Å². The predicted molar refractivity (Wildman–Crippen MR) is 66.1 cm³/mol. The summed E-state index contributed by atoms with van der Waals surface area (Å²) in [7, 11) is 0. The van der Waals surface area contributed by atoms with Crippen LogP contribution < -0.4 is 14.8 Å². The van der Waals surface area contributed by atoms with E-state index in [0.29, 0.717) is 36.7 Å². The quantitative estimate of drug-likeness (QED) is 0.836. The van der Waals surface area contributed by atoms with Crippen LogP contribution in [0.3, 0.4) is 0 Å². The molecule has 0 radical (unpaired) electrons. The van der Waals surface area contributed by atoms with Gasteiger partial charge in [0.2, 0.25) is 0 Å². The Balaban J connectivity index is 2.06. The van der Waals surface area contributed by atoms with Gasteiger partial charge in [0.05, 0.1) is 0 Å². The van der Waals surface area contributed by atoms with Gasteiger partial charge in [-0.15, -0.1) is 0 Å². The molecule has 2 rings (SSSR count). The van der Waals surface area contributed by atoms with E-state index in [1.165, 1.54) is 0 Å². The highest BCUT2D eigenvalue weighted by molar-refractivity contribution is 5.95. The lowest BCUT2D eigenvalue weighted by Gasteiger charge is -2.19. The van der Waals surface area contributed by atoms with Crippen molar-refractivity contribution in [1.82, 2.24) is 5.32 Å². The van der Waals surface area contributed by atoms with Crippen LogP contribution in [0.5, 0.6) is 11.5 Å². The maximum absolute atomic E-state index is 11.9. The molecule has 0 saturated carbocycles. The lowest BCUT2D eigenvalue weighted by Crippen LogP contribution is -2.33. The zero-order valence-electron chi connectivity index (χ0n) is 10.3. The third-order valence-corrected chi connectivity index (χ3v) is 2.74. The molecule has 5 nitrogen and oxygen atoms in total. The van der Waals surface area contributed by atoms with Crippen LogP contribution in [-0.2, 0) is 0 Å². The smallest absolute Gasteiger partial charge is 0.251 e. The fraction of sp³-hybridized carbons (Fsp3) is 0.462. The van der Waals surface area contributed by atoms with Crippen molar-refractivity contribution >= 4 is 5.91 Å². The second-order valence-electron chi connectivity index (χ2n) is 4.25. The summed E-state index contributed by atoms with van der Waals surface area (Å²) >= 11 is 0. The van der Waals surface area contributed by atoms with Crippen molar-refractivity contribution in [1.29, 1.82) is 0 Å². The molecule has 1 heterocycles. The lowest BCUT2D eigenvalue weighted by molar-refractivity contribution is 0.0933. The molecule has 1 unspecified atom stereocenters. The molecule has 0 saturated heterocycles. The van der Waals surface area contributed by atoms with E-state index in [1.807, 2.05) is 6.92 Å². The third kappa shape index (κ3) is 2.92. The number of benzene rings is 1. The maximum Gasteiger partial charge on any atom is 0.251 e. The molecule has 2 N–H and O–H groups in total. The second kappa shape index (κ2) is 5.73. The Morgan fingerprint density at radius 1 is 1.39 bits per heavy atom. The summed E-state index contributed by atoms with van der Waals surface area (Å²) in [5.41, 5.74) is 0.532. The van der Waals surface area contributed by atoms with Crippen molar-refractivity contribution in [3.63, 3.8) is 0 Å². The van der Waals surface area contributed by atoms with E-state index in [-0.39, 0.29) is 18.6 Å². The van der Waals surface area contributed by atoms with Crippen LogP contribution in [0.25, 0.3) is 0 Å². The van der Waals surface area contributed by atoms with Gasteiger partial charge in [-0.3, -0.25) is 4.79 Å². The van der Waals surface area contributed by atoms with Crippen molar-refractivity contribution in [2.75, 3.05) is 19.8 Å². The lowest BCUT2D eigenvalue weighted by atomic mass is 10.1. The van der Waals surface area contributed by atoms with Gasteiger partial charge < -0.3 is 19.9 Å². The number of carbonyl (C=O) groups excluding carboxylic acids is 1. The largest absolute Gasteiger partial charge is 0.486 e. The normalized spacial score (nSPS) is 15.0. The van der Waals surface area contributed by atoms with Gasteiger partial charge in [0.1, 0.15) is 13.2 Å². The molecule has 0 aliphatic carbocycles. The molecule has 0 spiro atoms. The van der Waals surface area contributed by atoms with Crippen LogP contribution in [0.2, 0.25) is 0 Å². The van der Waals surface area contributed by atoms with Gasteiger partial charge in [-0.25, -0.2) is 0 Å². The van der Waals surface area contributed by atoms with Crippen molar-refractivity contribution in [3.05, 3.63) is 23.8 Å². The van der Waals surface area contributed by atoms with Crippen molar-refractivity contribution in [3.8, 4) is 11.5 Å². The van der Waals surface area contributed by atoms with Crippen LogP contribution in [0.4, 0.5) is 0 Å². The molecule has 0 fully saturated rings. The molecule has 18 heavy (non-hydrogen) atoms. The zero-order chi connectivity index (χ0) is 13.0. The van der Waals surface area contributed by atoms with Gasteiger partial charge in [0.15, 0.2) is 11.5 Å². The molecule has 0 aromatic heterocycles. The van der Waals surface area contributed by atoms with Gasteiger partial charge in [-0.1, -0.05) is 0 Å². The summed E-state index contributed by atoms with van der Waals surface area (Å²) in [6, 6.07) is 5.06. The van der Waals surface area contributed by atoms with Crippen LogP contribution in [0.1, 0.15) is 23.7 Å². The van der Waals surface area contributed by atoms with Gasteiger partial charge in [0.25, 0.3) is 5.91 Å². The third-order valence-electron chi connectivity index (χ3n) is 2.74. The zero-order valence-corrected chi connectivity index (χ0v) is 10.3.